The molecule has 23 heavy (non-hydrogen) atoms. The lowest BCUT2D eigenvalue weighted by atomic mass is 9.80. The Balaban J connectivity index is 1.40. The quantitative estimate of drug-likeness (QED) is 0.665. The van der Waals surface area contributed by atoms with Gasteiger partial charge in [-0.05, 0) is 32.0 Å². The van der Waals surface area contributed by atoms with Crippen molar-refractivity contribution < 1.29 is 4.79 Å². The number of anilines is 1. The van der Waals surface area contributed by atoms with Gasteiger partial charge in [0.15, 0.2) is 0 Å². The van der Waals surface area contributed by atoms with Gasteiger partial charge < -0.3 is 20.9 Å². The van der Waals surface area contributed by atoms with Crippen LogP contribution in [0.25, 0.3) is 0 Å². The molecule has 3 N–H and O–H groups in total. The van der Waals surface area contributed by atoms with E-state index in [0.717, 1.165) is 50.5 Å². The highest BCUT2D eigenvalue weighted by molar-refractivity contribution is 5.84. The number of nitrogens with one attached hydrogen (secondary N) is 3. The molecule has 3 heterocycles. The number of pyridine rings is 1. The number of carbonyl (C=O) groups is 1. The highest BCUT2D eigenvalue weighted by atomic mass is 16.2. The third-order valence-electron chi connectivity index (χ3n) is 5.01. The van der Waals surface area contributed by atoms with Crippen LogP contribution in [0, 0.1) is 18.3 Å². The first-order chi connectivity index (χ1) is 11.1. The monoisotopic (exact) mass is 317 g/mol. The van der Waals surface area contributed by atoms with E-state index in [1.165, 1.54) is 0 Å². The molecule has 1 aromatic heterocycles. The Bertz CT molecular complexity index is 546. The van der Waals surface area contributed by atoms with E-state index in [0.29, 0.717) is 12.5 Å². The third kappa shape index (κ3) is 3.48. The van der Waals surface area contributed by atoms with Crippen LogP contribution in [0.1, 0.15) is 12.0 Å². The number of hydrogen-bond acceptors (Lipinski definition) is 5. The van der Waals surface area contributed by atoms with Crippen LogP contribution < -0.4 is 16.0 Å². The fraction of sp³-hybridized carbons (Fsp3) is 0.647. The van der Waals surface area contributed by atoms with Crippen LogP contribution >= 0.6 is 0 Å². The summed E-state index contributed by atoms with van der Waals surface area (Å²) in [6, 6.07) is 4.02. The van der Waals surface area contributed by atoms with Crippen LogP contribution in [0.5, 0.6) is 0 Å². The summed E-state index contributed by atoms with van der Waals surface area (Å²) in [5.74, 6) is 1.55. The first-order valence-corrected chi connectivity index (χ1v) is 8.44. The standard InChI is InChI=1S/C17H27N5O/c1-13-4-5-15(21-8-13)19-6-3-7-20-16(23)17-11-18-9-14(17)10-22(2)12-17/h4-5,8,14,18H,3,6-7,9-12H2,1-2H3,(H,19,21)(H,20,23)/t14-,17-/m0/s1. The molecule has 0 aliphatic carbocycles. The normalized spacial score (nSPS) is 27.0. The van der Waals surface area contributed by atoms with Gasteiger partial charge >= 0.3 is 0 Å². The van der Waals surface area contributed by atoms with Gasteiger partial charge in [0.2, 0.25) is 5.91 Å². The van der Waals surface area contributed by atoms with Crippen molar-refractivity contribution in [1.82, 2.24) is 20.5 Å². The van der Waals surface area contributed by atoms with E-state index < -0.39 is 0 Å². The zero-order valence-corrected chi connectivity index (χ0v) is 14.1. The van der Waals surface area contributed by atoms with Crippen LogP contribution in [-0.2, 0) is 4.79 Å². The van der Waals surface area contributed by atoms with E-state index in [4.69, 9.17) is 0 Å². The number of hydrogen-bond donors (Lipinski definition) is 3. The molecule has 0 saturated carbocycles. The zero-order valence-electron chi connectivity index (χ0n) is 14.1. The first-order valence-electron chi connectivity index (χ1n) is 8.44. The molecule has 1 amide bonds. The number of aromatic nitrogens is 1. The summed E-state index contributed by atoms with van der Waals surface area (Å²) in [5, 5.41) is 9.81. The number of amides is 1. The lowest BCUT2D eigenvalue weighted by Gasteiger charge is -2.26. The summed E-state index contributed by atoms with van der Waals surface area (Å²) < 4.78 is 0. The molecule has 0 bridgehead atoms. The van der Waals surface area contributed by atoms with E-state index in [1.807, 2.05) is 25.3 Å². The van der Waals surface area contributed by atoms with Crippen molar-refractivity contribution in [1.29, 1.82) is 0 Å². The first kappa shape index (κ1) is 16.2. The van der Waals surface area contributed by atoms with Crippen molar-refractivity contribution in [2.24, 2.45) is 11.3 Å². The Morgan fingerprint density at radius 3 is 3.13 bits per heavy atom. The smallest absolute Gasteiger partial charge is 0.229 e. The van der Waals surface area contributed by atoms with E-state index >= 15 is 0 Å². The number of likely N-dealkylation sites (tertiary alicyclic amines) is 1. The zero-order chi connectivity index (χ0) is 16.3. The topological polar surface area (TPSA) is 69.3 Å². The number of carbonyl (C=O) groups excluding carboxylic acids is 1. The second-order valence-corrected chi connectivity index (χ2v) is 6.94. The van der Waals surface area contributed by atoms with Gasteiger partial charge in [-0.15, -0.1) is 0 Å². The summed E-state index contributed by atoms with van der Waals surface area (Å²) >= 11 is 0. The van der Waals surface area contributed by atoms with Crippen molar-refractivity contribution in [2.75, 3.05) is 51.6 Å². The summed E-state index contributed by atoms with van der Waals surface area (Å²) in [6.07, 6.45) is 2.75. The van der Waals surface area contributed by atoms with Gasteiger partial charge in [0.25, 0.3) is 0 Å². The van der Waals surface area contributed by atoms with Gasteiger partial charge in [-0.25, -0.2) is 4.98 Å². The fourth-order valence-electron chi connectivity index (χ4n) is 3.75. The molecule has 2 aliphatic heterocycles. The maximum Gasteiger partial charge on any atom is 0.229 e. The minimum absolute atomic E-state index is 0.213. The van der Waals surface area contributed by atoms with Crippen molar-refractivity contribution in [3.05, 3.63) is 23.9 Å². The van der Waals surface area contributed by atoms with Gasteiger partial charge in [0.1, 0.15) is 5.82 Å². The molecule has 2 atom stereocenters. The fourth-order valence-corrected chi connectivity index (χ4v) is 3.75. The second-order valence-electron chi connectivity index (χ2n) is 6.94. The molecule has 126 valence electrons. The van der Waals surface area contributed by atoms with Crippen molar-refractivity contribution in [2.45, 2.75) is 13.3 Å². The van der Waals surface area contributed by atoms with Crippen LogP contribution in [0.3, 0.4) is 0 Å². The van der Waals surface area contributed by atoms with Crippen LogP contribution in [-0.4, -0.2) is 62.1 Å². The molecule has 2 saturated heterocycles. The lowest BCUT2D eigenvalue weighted by molar-refractivity contribution is -0.130. The average Bonchev–Trinajstić information content (AvgIpc) is 3.05. The minimum atomic E-state index is -0.222. The molecule has 3 rings (SSSR count). The Kier molecular flexibility index (Phi) is 4.82. The average molecular weight is 317 g/mol. The predicted octanol–water partition coefficient (Wildman–Crippen LogP) is 0.459. The Hall–Kier alpha value is -1.66. The van der Waals surface area contributed by atoms with E-state index in [1.54, 1.807) is 0 Å². The van der Waals surface area contributed by atoms with Crippen LogP contribution in [0.4, 0.5) is 5.82 Å². The van der Waals surface area contributed by atoms with Crippen molar-refractivity contribution in [3.8, 4) is 0 Å². The number of rotatable bonds is 6. The van der Waals surface area contributed by atoms with Crippen molar-refractivity contribution >= 4 is 11.7 Å². The maximum absolute atomic E-state index is 12.7. The van der Waals surface area contributed by atoms with Crippen molar-refractivity contribution in [3.63, 3.8) is 0 Å². The highest BCUT2D eigenvalue weighted by Crippen LogP contribution is 2.38. The molecule has 6 heteroatoms. The van der Waals surface area contributed by atoms with Gasteiger partial charge in [-0.2, -0.15) is 0 Å². The number of aryl methyl sites for hydroxylation is 1. The summed E-state index contributed by atoms with van der Waals surface area (Å²) in [7, 11) is 2.10. The molecule has 6 nitrogen and oxygen atoms in total. The Morgan fingerprint density at radius 2 is 2.35 bits per heavy atom. The van der Waals surface area contributed by atoms with Crippen LogP contribution in [0.2, 0.25) is 0 Å². The van der Waals surface area contributed by atoms with Gasteiger partial charge in [0.05, 0.1) is 5.41 Å². The molecule has 2 fully saturated rings. The SMILES string of the molecule is Cc1ccc(NCCCNC(=O)[C@]23CNC[C@H]2CN(C)C3)nc1. The lowest BCUT2D eigenvalue weighted by Crippen LogP contribution is -2.47. The maximum atomic E-state index is 12.7. The largest absolute Gasteiger partial charge is 0.370 e. The number of nitrogens with zero attached hydrogens (tertiary/aromatic N) is 2. The summed E-state index contributed by atoms with van der Waals surface area (Å²) in [5.41, 5.74) is 0.934. The van der Waals surface area contributed by atoms with E-state index in [2.05, 4.69) is 32.9 Å². The van der Waals surface area contributed by atoms with Crippen LogP contribution in [0.15, 0.2) is 18.3 Å². The molecule has 0 aromatic carbocycles. The van der Waals surface area contributed by atoms with E-state index in [9.17, 15) is 4.79 Å². The summed E-state index contributed by atoms with van der Waals surface area (Å²) in [6.45, 7) is 7.18. The molecule has 1 aromatic rings. The summed E-state index contributed by atoms with van der Waals surface area (Å²) in [4.78, 5) is 19.2. The molecule has 0 unspecified atom stereocenters. The van der Waals surface area contributed by atoms with Gasteiger partial charge in [-0.3, -0.25) is 4.79 Å². The minimum Gasteiger partial charge on any atom is -0.370 e. The van der Waals surface area contributed by atoms with Gasteiger partial charge in [-0.1, -0.05) is 6.07 Å². The predicted molar refractivity (Wildman–Crippen MR) is 91.4 cm³/mol. The van der Waals surface area contributed by atoms with Gasteiger partial charge in [0, 0.05) is 51.4 Å². The molecule has 2 aliphatic rings. The molecule has 0 radical (unpaired) electrons. The highest BCUT2D eigenvalue weighted by Gasteiger charge is 2.53. The number of fused-ring (bicyclic) bond motifs is 1. The molecular formula is C17H27N5O. The molecular weight excluding hydrogens is 290 g/mol. The Labute approximate surface area is 138 Å². The molecule has 0 spiro atoms. The Morgan fingerprint density at radius 1 is 1.48 bits per heavy atom. The second kappa shape index (κ2) is 6.84. The third-order valence-corrected chi connectivity index (χ3v) is 5.01. The van der Waals surface area contributed by atoms with E-state index in [-0.39, 0.29) is 11.3 Å².